The molecule has 0 spiro atoms. The van der Waals surface area contributed by atoms with E-state index in [9.17, 15) is 9.59 Å². The highest BCUT2D eigenvalue weighted by molar-refractivity contribution is 5.93. The average molecular weight is 334 g/mol. The highest BCUT2D eigenvalue weighted by Crippen LogP contribution is 2.37. The molecule has 4 heteroatoms. The van der Waals surface area contributed by atoms with Gasteiger partial charge in [-0.05, 0) is 42.5 Å². The molecule has 1 fully saturated rings. The van der Waals surface area contributed by atoms with Crippen molar-refractivity contribution in [3.8, 4) is 0 Å². The van der Waals surface area contributed by atoms with Crippen molar-refractivity contribution in [3.05, 3.63) is 65.7 Å². The smallest absolute Gasteiger partial charge is 0.230 e. The van der Waals surface area contributed by atoms with Crippen LogP contribution in [0.1, 0.15) is 29.9 Å². The Balaban J connectivity index is 1.31. The van der Waals surface area contributed by atoms with Crippen molar-refractivity contribution in [2.45, 2.75) is 25.2 Å². The standard InChI is InChI=1S/C21H22N2O2/c24-20(22-17-7-2-1-3-8-17)15-10-12-23(13-11-15)21(25)19-14-16-6-4-5-9-18(16)19/h1-9,15,19H,10-14H2,(H,22,24)/t19-/m0/s1. The molecule has 1 atom stereocenters. The lowest BCUT2D eigenvalue weighted by Crippen LogP contribution is -2.45. The molecule has 1 saturated heterocycles. The lowest BCUT2D eigenvalue weighted by molar-refractivity contribution is -0.136. The minimum atomic E-state index is -0.0158. The van der Waals surface area contributed by atoms with Gasteiger partial charge < -0.3 is 10.2 Å². The fraction of sp³-hybridized carbons (Fsp3) is 0.333. The number of carbonyl (C=O) groups excluding carboxylic acids is 2. The molecule has 1 aliphatic heterocycles. The number of hydrogen-bond donors (Lipinski definition) is 1. The lowest BCUT2D eigenvalue weighted by atomic mass is 9.76. The first-order valence-corrected chi connectivity index (χ1v) is 8.95. The number of nitrogens with one attached hydrogen (secondary N) is 1. The Labute approximate surface area is 147 Å². The predicted molar refractivity (Wildman–Crippen MR) is 97.3 cm³/mol. The first-order chi connectivity index (χ1) is 12.2. The number of rotatable bonds is 3. The van der Waals surface area contributed by atoms with E-state index in [0.29, 0.717) is 13.1 Å². The lowest BCUT2D eigenvalue weighted by Gasteiger charge is -2.37. The van der Waals surface area contributed by atoms with Crippen LogP contribution in [0.25, 0.3) is 0 Å². The van der Waals surface area contributed by atoms with Crippen LogP contribution >= 0.6 is 0 Å². The quantitative estimate of drug-likeness (QED) is 0.937. The van der Waals surface area contributed by atoms with E-state index < -0.39 is 0 Å². The van der Waals surface area contributed by atoms with Gasteiger partial charge in [-0.2, -0.15) is 0 Å². The second-order valence-corrected chi connectivity index (χ2v) is 6.91. The van der Waals surface area contributed by atoms with E-state index in [-0.39, 0.29) is 23.7 Å². The van der Waals surface area contributed by atoms with Crippen molar-refractivity contribution in [1.82, 2.24) is 4.90 Å². The second-order valence-electron chi connectivity index (χ2n) is 6.91. The van der Waals surface area contributed by atoms with Gasteiger partial charge >= 0.3 is 0 Å². The van der Waals surface area contributed by atoms with Gasteiger partial charge in [0.05, 0.1) is 5.92 Å². The summed E-state index contributed by atoms with van der Waals surface area (Å²) in [5.41, 5.74) is 3.30. The van der Waals surface area contributed by atoms with Gasteiger partial charge in [0.15, 0.2) is 0 Å². The van der Waals surface area contributed by atoms with Gasteiger partial charge in [-0.3, -0.25) is 9.59 Å². The Hall–Kier alpha value is -2.62. The van der Waals surface area contributed by atoms with Crippen LogP contribution in [0.4, 0.5) is 5.69 Å². The third kappa shape index (κ3) is 3.16. The zero-order chi connectivity index (χ0) is 17.2. The van der Waals surface area contributed by atoms with E-state index >= 15 is 0 Å². The van der Waals surface area contributed by atoms with Crippen molar-refractivity contribution < 1.29 is 9.59 Å². The molecule has 1 heterocycles. The number of piperidine rings is 1. The second kappa shape index (κ2) is 6.71. The summed E-state index contributed by atoms with van der Waals surface area (Å²) in [6.45, 7) is 1.34. The van der Waals surface area contributed by atoms with Crippen LogP contribution in [-0.2, 0) is 16.0 Å². The van der Waals surface area contributed by atoms with Gasteiger partial charge in [0.25, 0.3) is 0 Å². The number of fused-ring (bicyclic) bond motifs is 1. The van der Waals surface area contributed by atoms with Crippen LogP contribution in [0.15, 0.2) is 54.6 Å². The number of carbonyl (C=O) groups is 2. The molecule has 4 nitrogen and oxygen atoms in total. The number of benzene rings is 2. The molecule has 0 unspecified atom stereocenters. The third-order valence-electron chi connectivity index (χ3n) is 5.37. The summed E-state index contributed by atoms with van der Waals surface area (Å²) >= 11 is 0. The monoisotopic (exact) mass is 334 g/mol. The molecule has 1 N–H and O–H groups in total. The van der Waals surface area contributed by atoms with E-state index in [1.807, 2.05) is 47.4 Å². The van der Waals surface area contributed by atoms with Crippen molar-refractivity contribution in [2.24, 2.45) is 5.92 Å². The van der Waals surface area contributed by atoms with Gasteiger partial charge in [0, 0.05) is 24.7 Å². The number of hydrogen-bond acceptors (Lipinski definition) is 2. The molecule has 2 aromatic carbocycles. The Kier molecular flexibility index (Phi) is 4.26. The molecule has 0 saturated carbocycles. The van der Waals surface area contributed by atoms with E-state index in [1.165, 1.54) is 11.1 Å². The molecule has 0 radical (unpaired) electrons. The minimum Gasteiger partial charge on any atom is -0.342 e. The van der Waals surface area contributed by atoms with E-state index in [0.717, 1.165) is 24.9 Å². The topological polar surface area (TPSA) is 49.4 Å². The van der Waals surface area contributed by atoms with Crippen LogP contribution in [0.3, 0.4) is 0 Å². The molecule has 0 bridgehead atoms. The van der Waals surface area contributed by atoms with Crippen LogP contribution in [0, 0.1) is 5.92 Å². The average Bonchev–Trinajstić information content (AvgIpc) is 2.63. The molecule has 128 valence electrons. The van der Waals surface area contributed by atoms with Crippen molar-refractivity contribution in [2.75, 3.05) is 18.4 Å². The molecule has 25 heavy (non-hydrogen) atoms. The van der Waals surface area contributed by atoms with E-state index in [2.05, 4.69) is 17.4 Å². The maximum atomic E-state index is 12.7. The molecule has 2 aromatic rings. The molecule has 1 aliphatic carbocycles. The molecule has 2 aliphatic rings. The van der Waals surface area contributed by atoms with E-state index in [1.54, 1.807) is 0 Å². The highest BCUT2D eigenvalue weighted by atomic mass is 16.2. The molecular weight excluding hydrogens is 312 g/mol. The van der Waals surface area contributed by atoms with Crippen LogP contribution in [0.2, 0.25) is 0 Å². The maximum absolute atomic E-state index is 12.7. The largest absolute Gasteiger partial charge is 0.342 e. The fourth-order valence-corrected chi connectivity index (χ4v) is 3.83. The van der Waals surface area contributed by atoms with Gasteiger partial charge in [0.1, 0.15) is 0 Å². The maximum Gasteiger partial charge on any atom is 0.230 e. The molecule has 2 amide bonds. The van der Waals surface area contributed by atoms with Crippen molar-refractivity contribution >= 4 is 17.5 Å². The predicted octanol–water partition coefficient (Wildman–Crippen LogP) is 3.20. The Morgan fingerprint density at radius 1 is 0.920 bits per heavy atom. The van der Waals surface area contributed by atoms with Crippen molar-refractivity contribution in [1.29, 1.82) is 0 Å². The summed E-state index contributed by atoms with van der Waals surface area (Å²) in [6.07, 6.45) is 2.32. The summed E-state index contributed by atoms with van der Waals surface area (Å²) in [5.74, 6) is 0.289. The number of anilines is 1. The molecule has 4 rings (SSSR count). The van der Waals surface area contributed by atoms with Gasteiger partial charge in [-0.15, -0.1) is 0 Å². The van der Waals surface area contributed by atoms with Crippen LogP contribution in [-0.4, -0.2) is 29.8 Å². The fourth-order valence-electron chi connectivity index (χ4n) is 3.83. The molecule has 0 aromatic heterocycles. The summed E-state index contributed by atoms with van der Waals surface area (Å²) < 4.78 is 0. The molecular formula is C21H22N2O2. The number of nitrogens with zero attached hydrogens (tertiary/aromatic N) is 1. The minimum absolute atomic E-state index is 0.0158. The van der Waals surface area contributed by atoms with Gasteiger partial charge in [-0.1, -0.05) is 42.5 Å². The van der Waals surface area contributed by atoms with Gasteiger partial charge in [0.2, 0.25) is 11.8 Å². The summed E-state index contributed by atoms with van der Waals surface area (Å²) in [6, 6.07) is 17.7. The highest BCUT2D eigenvalue weighted by Gasteiger charge is 2.36. The van der Waals surface area contributed by atoms with Crippen LogP contribution in [0.5, 0.6) is 0 Å². The zero-order valence-corrected chi connectivity index (χ0v) is 14.2. The third-order valence-corrected chi connectivity index (χ3v) is 5.37. The van der Waals surface area contributed by atoms with E-state index in [4.69, 9.17) is 0 Å². The van der Waals surface area contributed by atoms with Gasteiger partial charge in [-0.25, -0.2) is 0 Å². The Morgan fingerprint density at radius 3 is 2.32 bits per heavy atom. The number of amides is 2. The first kappa shape index (κ1) is 15.9. The zero-order valence-electron chi connectivity index (χ0n) is 14.2. The Morgan fingerprint density at radius 2 is 1.60 bits per heavy atom. The number of para-hydroxylation sites is 1. The SMILES string of the molecule is O=C(Nc1ccccc1)C1CCN(C(=O)[C@H]2Cc3ccccc32)CC1. The summed E-state index contributed by atoms with van der Waals surface area (Å²) in [4.78, 5) is 27.1. The van der Waals surface area contributed by atoms with Crippen molar-refractivity contribution in [3.63, 3.8) is 0 Å². The first-order valence-electron chi connectivity index (χ1n) is 8.95. The number of likely N-dealkylation sites (tertiary alicyclic amines) is 1. The Bertz CT molecular complexity index is 779. The van der Waals surface area contributed by atoms with Crippen LogP contribution < -0.4 is 5.32 Å². The summed E-state index contributed by atoms with van der Waals surface area (Å²) in [7, 11) is 0. The normalized spacial score (nSPS) is 19.7. The summed E-state index contributed by atoms with van der Waals surface area (Å²) in [5, 5.41) is 2.97.